The molecule has 1 aromatic carbocycles. The average Bonchev–Trinajstić information content (AvgIpc) is 3.16. The van der Waals surface area contributed by atoms with Crippen LogP contribution in [-0.4, -0.2) is 42.8 Å². The molecular formula is C19H18ClNO5. The number of hydrogen-bond donors (Lipinski definition) is 0. The number of aldehydes is 1. The lowest BCUT2D eigenvalue weighted by atomic mass is 10.1. The largest absolute Gasteiger partial charge is 0.453 e. The van der Waals surface area contributed by atoms with E-state index in [2.05, 4.69) is 0 Å². The van der Waals surface area contributed by atoms with Gasteiger partial charge in [0.05, 0.1) is 10.6 Å². The minimum Gasteiger partial charge on any atom is -0.453 e. The first-order valence-corrected chi connectivity index (χ1v) is 8.76. The van der Waals surface area contributed by atoms with E-state index in [1.165, 1.54) is 12.1 Å². The number of nitrogens with zero attached hydrogens (tertiary/aromatic N) is 1. The number of furan rings is 1. The number of carbonyl (C=O) groups is 3. The molecule has 0 aliphatic carbocycles. The lowest BCUT2D eigenvalue weighted by Crippen LogP contribution is -2.38. The first-order chi connectivity index (χ1) is 12.6. The van der Waals surface area contributed by atoms with Crippen molar-refractivity contribution in [3.63, 3.8) is 0 Å². The topological polar surface area (TPSA) is 76.8 Å². The van der Waals surface area contributed by atoms with E-state index < -0.39 is 5.97 Å². The van der Waals surface area contributed by atoms with Crippen molar-refractivity contribution >= 4 is 29.8 Å². The molecule has 0 spiro atoms. The number of hydrogen-bond acceptors (Lipinski definition) is 5. The lowest BCUT2D eigenvalue weighted by Gasteiger charge is -2.26. The maximum atomic E-state index is 12.3. The zero-order valence-electron chi connectivity index (χ0n) is 14.1. The van der Waals surface area contributed by atoms with Crippen LogP contribution in [0.25, 0.3) is 11.3 Å². The Morgan fingerprint density at radius 2 is 1.92 bits per heavy atom. The predicted octanol–water partition coefficient (Wildman–Crippen LogP) is 3.58. The minimum atomic E-state index is -0.677. The predicted molar refractivity (Wildman–Crippen MR) is 95.3 cm³/mol. The Labute approximate surface area is 155 Å². The van der Waals surface area contributed by atoms with Crippen LogP contribution in [0.3, 0.4) is 0 Å². The van der Waals surface area contributed by atoms with E-state index in [1.54, 1.807) is 23.1 Å². The molecule has 0 radical (unpaired) electrons. The summed E-state index contributed by atoms with van der Waals surface area (Å²) in [5.74, 6) is -0.259. The van der Waals surface area contributed by atoms with Gasteiger partial charge in [-0.15, -0.1) is 0 Å². The summed E-state index contributed by atoms with van der Waals surface area (Å²) in [6.45, 7) is 1.09. The monoisotopic (exact) mass is 375 g/mol. The number of rotatable bonds is 5. The molecule has 6 nitrogen and oxygen atoms in total. The highest BCUT2D eigenvalue weighted by molar-refractivity contribution is 6.33. The molecule has 0 bridgehead atoms. The van der Waals surface area contributed by atoms with Gasteiger partial charge in [0.2, 0.25) is 0 Å². The number of likely N-dealkylation sites (tertiary alicyclic amines) is 1. The first kappa shape index (κ1) is 18.2. The lowest BCUT2D eigenvalue weighted by molar-refractivity contribution is -0.135. The number of benzene rings is 1. The summed E-state index contributed by atoms with van der Waals surface area (Å²) in [5.41, 5.74) is 0.719. The normalized spacial score (nSPS) is 14.1. The van der Waals surface area contributed by atoms with Gasteiger partial charge < -0.3 is 14.1 Å². The first-order valence-electron chi connectivity index (χ1n) is 8.38. The number of piperidine rings is 1. The summed E-state index contributed by atoms with van der Waals surface area (Å²) in [6.07, 6.45) is 3.66. The fourth-order valence-electron chi connectivity index (χ4n) is 2.85. The molecule has 1 amide bonds. The van der Waals surface area contributed by atoms with Crippen molar-refractivity contribution < 1.29 is 23.5 Å². The van der Waals surface area contributed by atoms with Crippen molar-refractivity contribution in [3.8, 4) is 11.3 Å². The van der Waals surface area contributed by atoms with Gasteiger partial charge in [0.25, 0.3) is 5.91 Å². The maximum absolute atomic E-state index is 12.3. The van der Waals surface area contributed by atoms with Crippen LogP contribution >= 0.6 is 11.6 Å². The summed E-state index contributed by atoms with van der Waals surface area (Å²) >= 11 is 6.09. The summed E-state index contributed by atoms with van der Waals surface area (Å²) in [7, 11) is 0. The zero-order chi connectivity index (χ0) is 18.5. The summed E-state index contributed by atoms with van der Waals surface area (Å²) in [6, 6.07) is 7.89. The minimum absolute atomic E-state index is 0.139. The Morgan fingerprint density at radius 3 is 2.62 bits per heavy atom. The fraction of sp³-hybridized carbons (Fsp3) is 0.316. The number of ether oxygens (including phenoxy) is 1. The van der Waals surface area contributed by atoms with E-state index in [9.17, 15) is 14.4 Å². The number of carbonyl (C=O) groups excluding carboxylic acids is 3. The summed E-state index contributed by atoms with van der Waals surface area (Å²) < 4.78 is 10.5. The Morgan fingerprint density at radius 1 is 1.15 bits per heavy atom. The molecule has 1 aromatic heterocycles. The molecule has 7 heteroatoms. The molecule has 3 rings (SSSR count). The molecule has 1 saturated heterocycles. The summed E-state index contributed by atoms with van der Waals surface area (Å²) in [5, 5.41) is 0.214. The van der Waals surface area contributed by atoms with Gasteiger partial charge in [-0.3, -0.25) is 9.59 Å². The smallest absolute Gasteiger partial charge is 0.340 e. The van der Waals surface area contributed by atoms with Crippen LogP contribution in [0, 0.1) is 0 Å². The maximum Gasteiger partial charge on any atom is 0.340 e. The highest BCUT2D eigenvalue weighted by atomic mass is 35.5. The van der Waals surface area contributed by atoms with Crippen LogP contribution in [0.1, 0.15) is 40.2 Å². The number of halogens is 1. The van der Waals surface area contributed by atoms with Gasteiger partial charge in [0, 0.05) is 18.7 Å². The van der Waals surface area contributed by atoms with Crippen molar-refractivity contribution in [2.24, 2.45) is 0 Å². The average molecular weight is 376 g/mol. The van der Waals surface area contributed by atoms with Crippen LogP contribution in [0.5, 0.6) is 0 Å². The van der Waals surface area contributed by atoms with Gasteiger partial charge >= 0.3 is 5.97 Å². The van der Waals surface area contributed by atoms with E-state index in [0.29, 0.717) is 30.7 Å². The second-order valence-corrected chi connectivity index (χ2v) is 6.44. The van der Waals surface area contributed by atoms with Crippen molar-refractivity contribution in [1.29, 1.82) is 0 Å². The molecule has 1 aliphatic rings. The third-order valence-corrected chi connectivity index (χ3v) is 4.58. The molecule has 0 unspecified atom stereocenters. The van der Waals surface area contributed by atoms with Gasteiger partial charge in [-0.05, 0) is 49.6 Å². The van der Waals surface area contributed by atoms with Gasteiger partial charge in [-0.25, -0.2) is 4.79 Å². The van der Waals surface area contributed by atoms with E-state index in [4.69, 9.17) is 20.8 Å². The van der Waals surface area contributed by atoms with Gasteiger partial charge in [0.1, 0.15) is 5.76 Å². The molecule has 2 aromatic rings. The quantitative estimate of drug-likeness (QED) is 0.589. The van der Waals surface area contributed by atoms with Crippen LogP contribution in [0.15, 0.2) is 34.7 Å². The molecule has 0 N–H and O–H groups in total. The summed E-state index contributed by atoms with van der Waals surface area (Å²) in [4.78, 5) is 36.9. The molecule has 0 atom stereocenters. The Balaban J connectivity index is 1.69. The van der Waals surface area contributed by atoms with E-state index in [0.717, 1.165) is 19.3 Å². The Kier molecular flexibility index (Phi) is 5.73. The van der Waals surface area contributed by atoms with Gasteiger partial charge in [-0.1, -0.05) is 11.6 Å². The van der Waals surface area contributed by atoms with Crippen LogP contribution in [0.4, 0.5) is 0 Å². The van der Waals surface area contributed by atoms with Crippen molar-refractivity contribution in [2.75, 3.05) is 19.7 Å². The molecule has 26 heavy (non-hydrogen) atoms. The molecular weight excluding hydrogens is 358 g/mol. The molecule has 1 fully saturated rings. The second kappa shape index (κ2) is 8.19. The van der Waals surface area contributed by atoms with E-state index >= 15 is 0 Å². The number of esters is 1. The number of amides is 1. The van der Waals surface area contributed by atoms with E-state index in [1.807, 2.05) is 0 Å². The Bertz CT molecular complexity index is 823. The molecule has 1 aliphatic heterocycles. The Hall–Kier alpha value is -2.60. The van der Waals surface area contributed by atoms with Gasteiger partial charge in [-0.2, -0.15) is 0 Å². The third-order valence-electron chi connectivity index (χ3n) is 4.25. The van der Waals surface area contributed by atoms with Crippen LogP contribution in [-0.2, 0) is 9.53 Å². The van der Waals surface area contributed by atoms with Crippen LogP contribution in [0.2, 0.25) is 5.02 Å². The van der Waals surface area contributed by atoms with Crippen LogP contribution < -0.4 is 0 Å². The van der Waals surface area contributed by atoms with Gasteiger partial charge in [0.15, 0.2) is 18.7 Å². The molecule has 0 saturated carbocycles. The SMILES string of the molecule is O=Cc1ccc(-c2ccc(Cl)c(C(=O)OCC(=O)N3CCCCC3)c2)o1. The van der Waals surface area contributed by atoms with Crippen molar-refractivity contribution in [3.05, 3.63) is 46.7 Å². The van der Waals surface area contributed by atoms with E-state index in [-0.39, 0.29) is 28.9 Å². The highest BCUT2D eigenvalue weighted by Gasteiger charge is 2.20. The molecule has 136 valence electrons. The highest BCUT2D eigenvalue weighted by Crippen LogP contribution is 2.27. The van der Waals surface area contributed by atoms with Crippen molar-refractivity contribution in [2.45, 2.75) is 19.3 Å². The fourth-order valence-corrected chi connectivity index (χ4v) is 3.04. The second-order valence-electron chi connectivity index (χ2n) is 6.03. The van der Waals surface area contributed by atoms with Crippen molar-refractivity contribution in [1.82, 2.24) is 4.90 Å². The molecule has 2 heterocycles. The zero-order valence-corrected chi connectivity index (χ0v) is 14.8. The standard InChI is InChI=1S/C19H18ClNO5/c20-16-6-4-13(17-7-5-14(11-22)26-17)10-15(16)19(24)25-12-18(23)21-8-2-1-3-9-21/h4-7,10-11H,1-3,8-9,12H2. The third kappa shape index (κ3) is 4.14.